The minimum atomic E-state index is -0.602. The van der Waals surface area contributed by atoms with E-state index in [1.807, 2.05) is 32.8 Å². The van der Waals surface area contributed by atoms with Crippen LogP contribution in [-0.4, -0.2) is 24.5 Å². The summed E-state index contributed by atoms with van der Waals surface area (Å²) in [4.78, 5) is 1.94. The van der Waals surface area contributed by atoms with Crippen LogP contribution in [-0.2, 0) is 0 Å². The van der Waals surface area contributed by atoms with E-state index in [2.05, 4.69) is 5.43 Å². The summed E-state index contributed by atoms with van der Waals surface area (Å²) in [7, 11) is 3.78. The fourth-order valence-electron chi connectivity index (χ4n) is 1.71. The average Bonchev–Trinajstić information content (AvgIpc) is 2.16. The highest BCUT2D eigenvalue weighted by Crippen LogP contribution is 2.29. The second-order valence-electron chi connectivity index (χ2n) is 4.85. The van der Waals surface area contributed by atoms with Crippen LogP contribution in [0.2, 0.25) is 0 Å². The first-order valence-corrected chi connectivity index (χ1v) is 5.38. The first kappa shape index (κ1) is 14.0. The topological polar surface area (TPSA) is 41.3 Å². The number of hydrazine groups is 1. The van der Waals surface area contributed by atoms with Gasteiger partial charge in [0.2, 0.25) is 0 Å². The number of nitrogens with two attached hydrogens (primary N) is 1. The number of rotatable bonds is 4. The van der Waals surface area contributed by atoms with E-state index in [0.717, 1.165) is 6.07 Å². The molecular weight excluding hydrogens is 224 g/mol. The number of nitrogens with zero attached hydrogens (tertiary/aromatic N) is 1. The Hall–Kier alpha value is -1.04. The number of nitrogens with one attached hydrogen (secondary N) is 1. The van der Waals surface area contributed by atoms with Crippen molar-refractivity contribution in [3.63, 3.8) is 0 Å². The molecule has 1 aromatic rings. The maximum absolute atomic E-state index is 13.2. The predicted molar refractivity (Wildman–Crippen MR) is 64.2 cm³/mol. The van der Waals surface area contributed by atoms with Gasteiger partial charge in [-0.3, -0.25) is 11.3 Å². The molecule has 1 rings (SSSR count). The Labute approximate surface area is 101 Å². The summed E-state index contributed by atoms with van der Waals surface area (Å²) < 4.78 is 26.4. The number of hydrogen-bond donors (Lipinski definition) is 2. The van der Waals surface area contributed by atoms with Gasteiger partial charge in [-0.25, -0.2) is 8.78 Å². The van der Waals surface area contributed by atoms with Crippen LogP contribution in [0.1, 0.15) is 25.5 Å². The van der Waals surface area contributed by atoms with Crippen molar-refractivity contribution in [2.45, 2.75) is 25.4 Å². The van der Waals surface area contributed by atoms with Crippen molar-refractivity contribution in [1.82, 2.24) is 10.3 Å². The van der Waals surface area contributed by atoms with Gasteiger partial charge in [0, 0.05) is 11.6 Å². The molecule has 0 aromatic heterocycles. The smallest absolute Gasteiger partial charge is 0.126 e. The summed E-state index contributed by atoms with van der Waals surface area (Å²) in [5.41, 5.74) is 2.73. The van der Waals surface area contributed by atoms with E-state index in [9.17, 15) is 8.78 Å². The lowest BCUT2D eigenvalue weighted by molar-refractivity contribution is 0.138. The normalized spacial score (nSPS) is 14.1. The highest BCUT2D eigenvalue weighted by Gasteiger charge is 2.32. The zero-order valence-electron chi connectivity index (χ0n) is 10.6. The molecule has 0 saturated heterocycles. The van der Waals surface area contributed by atoms with Crippen LogP contribution in [0.3, 0.4) is 0 Å². The van der Waals surface area contributed by atoms with E-state index in [0.29, 0.717) is 5.56 Å². The van der Waals surface area contributed by atoms with E-state index in [1.165, 1.54) is 12.1 Å². The maximum atomic E-state index is 13.2. The lowest BCUT2D eigenvalue weighted by Gasteiger charge is -2.40. The lowest BCUT2D eigenvalue weighted by atomic mass is 9.88. The third kappa shape index (κ3) is 3.00. The van der Waals surface area contributed by atoms with Crippen LogP contribution in [0.25, 0.3) is 0 Å². The molecule has 1 unspecified atom stereocenters. The molecule has 17 heavy (non-hydrogen) atoms. The Morgan fingerprint density at radius 1 is 1.18 bits per heavy atom. The SMILES string of the molecule is CN(C)C(C)(C)C(NN)c1cc(F)cc(F)c1. The molecule has 0 bridgehead atoms. The van der Waals surface area contributed by atoms with Gasteiger partial charge in [0.05, 0.1) is 6.04 Å². The van der Waals surface area contributed by atoms with E-state index in [4.69, 9.17) is 5.84 Å². The molecule has 1 atom stereocenters. The lowest BCUT2D eigenvalue weighted by Crippen LogP contribution is -2.51. The Morgan fingerprint density at radius 2 is 1.65 bits per heavy atom. The molecule has 0 saturated carbocycles. The van der Waals surface area contributed by atoms with Gasteiger partial charge in [0.1, 0.15) is 11.6 Å². The summed E-state index contributed by atoms with van der Waals surface area (Å²) >= 11 is 0. The summed E-state index contributed by atoms with van der Waals surface area (Å²) in [6.07, 6.45) is 0. The van der Waals surface area contributed by atoms with Crippen LogP contribution < -0.4 is 11.3 Å². The first-order valence-electron chi connectivity index (χ1n) is 5.38. The number of hydrogen-bond acceptors (Lipinski definition) is 3. The minimum Gasteiger partial charge on any atom is -0.302 e. The van der Waals surface area contributed by atoms with Crippen LogP contribution >= 0.6 is 0 Å². The van der Waals surface area contributed by atoms with Gasteiger partial charge < -0.3 is 4.90 Å². The zero-order chi connectivity index (χ0) is 13.2. The van der Waals surface area contributed by atoms with Crippen LogP contribution in [0.15, 0.2) is 18.2 Å². The molecule has 1 aromatic carbocycles. The van der Waals surface area contributed by atoms with Crippen molar-refractivity contribution in [3.8, 4) is 0 Å². The van der Waals surface area contributed by atoms with Crippen LogP contribution in [0.5, 0.6) is 0 Å². The van der Waals surface area contributed by atoms with Crippen molar-refractivity contribution in [3.05, 3.63) is 35.4 Å². The summed E-state index contributed by atoms with van der Waals surface area (Å²) in [5.74, 6) is 4.30. The number of likely N-dealkylation sites (N-methyl/N-ethyl adjacent to an activating group) is 1. The van der Waals surface area contributed by atoms with E-state index >= 15 is 0 Å². The van der Waals surface area contributed by atoms with Crippen LogP contribution in [0.4, 0.5) is 8.78 Å². The van der Waals surface area contributed by atoms with Gasteiger partial charge in [-0.05, 0) is 45.6 Å². The molecule has 96 valence electrons. The summed E-state index contributed by atoms with van der Waals surface area (Å²) in [6.45, 7) is 3.89. The monoisotopic (exact) mass is 243 g/mol. The molecule has 0 spiro atoms. The highest BCUT2D eigenvalue weighted by molar-refractivity contribution is 5.24. The molecular formula is C12H19F2N3. The summed E-state index contributed by atoms with van der Waals surface area (Å²) in [5, 5.41) is 0. The molecule has 0 aliphatic carbocycles. The van der Waals surface area contributed by atoms with Gasteiger partial charge in [0.25, 0.3) is 0 Å². The standard InChI is InChI=1S/C12H19F2N3/c1-12(2,17(3)4)11(16-15)8-5-9(13)7-10(14)6-8/h5-7,11,16H,15H2,1-4H3. The van der Waals surface area contributed by atoms with Crippen molar-refractivity contribution in [2.24, 2.45) is 5.84 Å². The second kappa shape index (κ2) is 5.08. The fourth-order valence-corrected chi connectivity index (χ4v) is 1.71. The quantitative estimate of drug-likeness (QED) is 0.626. The second-order valence-corrected chi connectivity index (χ2v) is 4.85. The Kier molecular flexibility index (Phi) is 4.19. The van der Waals surface area contributed by atoms with Crippen molar-refractivity contribution < 1.29 is 8.78 Å². The molecule has 3 N–H and O–H groups in total. The van der Waals surface area contributed by atoms with Crippen molar-refractivity contribution in [2.75, 3.05) is 14.1 Å². The fraction of sp³-hybridized carbons (Fsp3) is 0.500. The van der Waals surface area contributed by atoms with Gasteiger partial charge in [-0.1, -0.05) is 0 Å². The van der Waals surface area contributed by atoms with Gasteiger partial charge in [-0.15, -0.1) is 0 Å². The van der Waals surface area contributed by atoms with E-state index in [-0.39, 0.29) is 11.6 Å². The molecule has 5 heteroatoms. The molecule has 0 radical (unpaired) electrons. The van der Waals surface area contributed by atoms with E-state index in [1.54, 1.807) is 0 Å². The highest BCUT2D eigenvalue weighted by atomic mass is 19.1. The molecule has 0 aliphatic heterocycles. The van der Waals surface area contributed by atoms with E-state index < -0.39 is 11.6 Å². The molecule has 3 nitrogen and oxygen atoms in total. The molecule has 0 aliphatic rings. The van der Waals surface area contributed by atoms with Crippen molar-refractivity contribution >= 4 is 0 Å². The van der Waals surface area contributed by atoms with Gasteiger partial charge in [0.15, 0.2) is 0 Å². The Morgan fingerprint density at radius 3 is 2.00 bits per heavy atom. The van der Waals surface area contributed by atoms with Crippen LogP contribution in [0, 0.1) is 11.6 Å². The first-order chi connectivity index (χ1) is 7.78. The van der Waals surface area contributed by atoms with Gasteiger partial charge >= 0.3 is 0 Å². The Bertz CT molecular complexity index is 371. The largest absolute Gasteiger partial charge is 0.302 e. The predicted octanol–water partition coefficient (Wildman–Crippen LogP) is 1.81. The minimum absolute atomic E-state index is 0.373. The number of halogens is 2. The summed E-state index contributed by atoms with van der Waals surface area (Å²) in [6, 6.07) is 3.06. The third-order valence-electron chi connectivity index (χ3n) is 3.24. The van der Waals surface area contributed by atoms with Crippen molar-refractivity contribution in [1.29, 1.82) is 0 Å². The maximum Gasteiger partial charge on any atom is 0.126 e. The molecule has 0 fully saturated rings. The zero-order valence-corrected chi connectivity index (χ0v) is 10.6. The molecule has 0 amide bonds. The average molecular weight is 243 g/mol. The number of benzene rings is 1. The molecule has 0 heterocycles. The Balaban J connectivity index is 3.18. The third-order valence-corrected chi connectivity index (χ3v) is 3.24. The van der Waals surface area contributed by atoms with Gasteiger partial charge in [-0.2, -0.15) is 0 Å².